The first-order chi connectivity index (χ1) is 14.9. The summed E-state index contributed by atoms with van der Waals surface area (Å²) in [6, 6.07) is 9.35. The van der Waals surface area contributed by atoms with E-state index in [-0.39, 0.29) is 30.0 Å². The molecule has 1 aliphatic heterocycles. The van der Waals surface area contributed by atoms with E-state index in [1.165, 1.54) is 25.3 Å². The molecule has 31 heavy (non-hydrogen) atoms. The zero-order chi connectivity index (χ0) is 22.5. The van der Waals surface area contributed by atoms with Gasteiger partial charge in [-0.25, -0.2) is 0 Å². The van der Waals surface area contributed by atoms with Crippen LogP contribution < -0.4 is 14.8 Å². The van der Waals surface area contributed by atoms with E-state index >= 15 is 0 Å². The van der Waals surface area contributed by atoms with Crippen molar-refractivity contribution in [1.29, 1.82) is 0 Å². The van der Waals surface area contributed by atoms with Crippen LogP contribution in [-0.4, -0.2) is 54.9 Å². The summed E-state index contributed by atoms with van der Waals surface area (Å²) >= 11 is 0. The molecule has 1 heterocycles. The third kappa shape index (κ3) is 4.47. The number of carbonyl (C=O) groups is 3. The Hall–Kier alpha value is -3.95. The van der Waals surface area contributed by atoms with E-state index in [1.807, 2.05) is 12.1 Å². The van der Waals surface area contributed by atoms with E-state index in [0.29, 0.717) is 24.5 Å². The maximum absolute atomic E-state index is 12.5. The summed E-state index contributed by atoms with van der Waals surface area (Å²) in [6.45, 7) is 0.188. The lowest BCUT2D eigenvalue weighted by atomic mass is 10.1. The summed E-state index contributed by atoms with van der Waals surface area (Å²) in [5, 5.41) is 13.9. The molecular weight excluding hydrogens is 406 g/mol. The van der Waals surface area contributed by atoms with Crippen LogP contribution in [0.25, 0.3) is 0 Å². The molecule has 0 radical (unpaired) electrons. The maximum atomic E-state index is 12.5. The fourth-order valence-corrected chi connectivity index (χ4v) is 3.36. The minimum absolute atomic E-state index is 0.0203. The van der Waals surface area contributed by atoms with Crippen molar-refractivity contribution in [2.75, 3.05) is 27.3 Å². The number of nitro benzene ring substituents is 1. The van der Waals surface area contributed by atoms with Gasteiger partial charge in [0.15, 0.2) is 11.5 Å². The number of methoxy groups -OCH3 is 2. The maximum Gasteiger partial charge on any atom is 0.282 e. The lowest BCUT2D eigenvalue weighted by molar-refractivity contribution is -0.385. The van der Waals surface area contributed by atoms with Crippen molar-refractivity contribution in [3.8, 4) is 11.5 Å². The van der Waals surface area contributed by atoms with Crippen molar-refractivity contribution in [2.24, 2.45) is 0 Å². The molecule has 1 N–H and O–H groups in total. The summed E-state index contributed by atoms with van der Waals surface area (Å²) < 4.78 is 10.4. The Bertz CT molecular complexity index is 1050. The molecule has 0 atom stereocenters. The molecule has 1 aliphatic rings. The molecule has 10 nitrogen and oxygen atoms in total. The fourth-order valence-electron chi connectivity index (χ4n) is 3.36. The summed E-state index contributed by atoms with van der Waals surface area (Å²) in [6.07, 6.45) is 0.441. The van der Waals surface area contributed by atoms with Crippen LogP contribution in [0.5, 0.6) is 11.5 Å². The monoisotopic (exact) mass is 427 g/mol. The van der Waals surface area contributed by atoms with Gasteiger partial charge in [0.1, 0.15) is 5.56 Å². The van der Waals surface area contributed by atoms with Gasteiger partial charge in [0, 0.05) is 25.6 Å². The standard InChI is InChI=1S/C21H21N3O7/c1-30-16-7-6-13(12-17(16)31-2)8-10-22-18(25)9-11-23-20(26)14-4-3-5-15(24(28)29)19(14)21(23)27/h3-7,12H,8-11H2,1-2H3,(H,22,25). The number of nitro groups is 1. The molecule has 162 valence electrons. The Morgan fingerprint density at radius 3 is 2.52 bits per heavy atom. The smallest absolute Gasteiger partial charge is 0.282 e. The number of rotatable bonds is 9. The second kappa shape index (κ2) is 9.24. The number of carbonyl (C=O) groups excluding carboxylic acids is 3. The first kappa shape index (κ1) is 21.8. The average molecular weight is 427 g/mol. The first-order valence-corrected chi connectivity index (χ1v) is 9.48. The van der Waals surface area contributed by atoms with Gasteiger partial charge in [-0.3, -0.25) is 29.4 Å². The number of nitrogens with one attached hydrogen (secondary N) is 1. The summed E-state index contributed by atoms with van der Waals surface area (Å²) in [5.41, 5.74) is 0.266. The zero-order valence-electron chi connectivity index (χ0n) is 17.0. The van der Waals surface area contributed by atoms with Gasteiger partial charge >= 0.3 is 0 Å². The van der Waals surface area contributed by atoms with Crippen molar-refractivity contribution in [1.82, 2.24) is 10.2 Å². The van der Waals surface area contributed by atoms with Gasteiger partial charge in [0.05, 0.1) is 24.7 Å². The zero-order valence-corrected chi connectivity index (χ0v) is 17.0. The highest BCUT2D eigenvalue weighted by molar-refractivity contribution is 6.23. The molecule has 0 fully saturated rings. The van der Waals surface area contributed by atoms with Gasteiger partial charge in [-0.05, 0) is 30.2 Å². The topological polar surface area (TPSA) is 128 Å². The number of hydrogen-bond donors (Lipinski definition) is 1. The lowest BCUT2D eigenvalue weighted by Crippen LogP contribution is -2.35. The summed E-state index contributed by atoms with van der Waals surface area (Å²) in [7, 11) is 3.08. The molecule has 0 spiro atoms. The van der Waals surface area contributed by atoms with Gasteiger partial charge < -0.3 is 14.8 Å². The van der Waals surface area contributed by atoms with Crippen LogP contribution in [0, 0.1) is 10.1 Å². The molecule has 0 saturated heterocycles. The molecule has 0 bridgehead atoms. The van der Waals surface area contributed by atoms with Crippen LogP contribution in [0.3, 0.4) is 0 Å². The molecule has 2 aromatic carbocycles. The second-order valence-electron chi connectivity index (χ2n) is 6.76. The first-order valence-electron chi connectivity index (χ1n) is 9.48. The largest absolute Gasteiger partial charge is 0.493 e. The lowest BCUT2D eigenvalue weighted by Gasteiger charge is -2.13. The SMILES string of the molecule is COc1ccc(CCNC(=O)CCN2C(=O)c3cccc([N+](=O)[O-])c3C2=O)cc1OC. The van der Waals surface area contributed by atoms with Crippen LogP contribution in [-0.2, 0) is 11.2 Å². The number of ether oxygens (including phenoxy) is 2. The van der Waals surface area contributed by atoms with E-state index in [0.717, 1.165) is 10.5 Å². The molecule has 0 aliphatic carbocycles. The second-order valence-corrected chi connectivity index (χ2v) is 6.76. The van der Waals surface area contributed by atoms with Crippen LogP contribution in [0.4, 0.5) is 5.69 Å². The van der Waals surface area contributed by atoms with Gasteiger partial charge in [-0.15, -0.1) is 0 Å². The van der Waals surface area contributed by atoms with E-state index in [9.17, 15) is 24.5 Å². The third-order valence-corrected chi connectivity index (χ3v) is 4.92. The third-order valence-electron chi connectivity index (χ3n) is 4.92. The minimum atomic E-state index is -0.759. The highest BCUT2D eigenvalue weighted by atomic mass is 16.6. The van der Waals surface area contributed by atoms with Crippen molar-refractivity contribution in [2.45, 2.75) is 12.8 Å². The predicted molar refractivity (Wildman–Crippen MR) is 109 cm³/mol. The Balaban J connectivity index is 1.53. The molecule has 3 rings (SSSR count). The molecule has 0 aromatic heterocycles. The molecule has 0 saturated carbocycles. The number of benzene rings is 2. The summed E-state index contributed by atoms with van der Waals surface area (Å²) in [5.74, 6) is -0.540. The van der Waals surface area contributed by atoms with Gasteiger partial charge in [0.2, 0.25) is 5.91 Å². The molecule has 3 amide bonds. The Morgan fingerprint density at radius 1 is 1.10 bits per heavy atom. The van der Waals surface area contributed by atoms with Gasteiger partial charge in [0.25, 0.3) is 17.5 Å². The van der Waals surface area contributed by atoms with E-state index < -0.39 is 22.4 Å². The highest BCUT2D eigenvalue weighted by Crippen LogP contribution is 2.31. The number of amides is 3. The Labute approximate surface area is 177 Å². The Kier molecular flexibility index (Phi) is 6.49. The highest BCUT2D eigenvalue weighted by Gasteiger charge is 2.40. The average Bonchev–Trinajstić information content (AvgIpc) is 3.01. The van der Waals surface area contributed by atoms with Crippen LogP contribution in [0.15, 0.2) is 36.4 Å². The van der Waals surface area contributed by atoms with E-state index in [1.54, 1.807) is 13.2 Å². The number of imide groups is 1. The molecule has 0 unspecified atom stereocenters. The molecular formula is C21H21N3O7. The van der Waals surface area contributed by atoms with E-state index in [2.05, 4.69) is 5.32 Å². The quantitative estimate of drug-likeness (QED) is 0.368. The van der Waals surface area contributed by atoms with Crippen molar-refractivity contribution >= 4 is 23.4 Å². The van der Waals surface area contributed by atoms with E-state index in [4.69, 9.17) is 9.47 Å². The Morgan fingerprint density at radius 2 is 1.84 bits per heavy atom. The fraction of sp³-hybridized carbons (Fsp3) is 0.286. The van der Waals surface area contributed by atoms with Crippen LogP contribution in [0.1, 0.15) is 32.7 Å². The van der Waals surface area contributed by atoms with Crippen LogP contribution in [0.2, 0.25) is 0 Å². The van der Waals surface area contributed by atoms with Gasteiger partial charge in [-0.1, -0.05) is 12.1 Å². The molecule has 10 heteroatoms. The number of hydrogen-bond acceptors (Lipinski definition) is 7. The summed E-state index contributed by atoms with van der Waals surface area (Å²) in [4.78, 5) is 48.4. The minimum Gasteiger partial charge on any atom is -0.493 e. The predicted octanol–water partition coefficient (Wildman–Crippen LogP) is 1.96. The van der Waals surface area contributed by atoms with Crippen molar-refractivity contribution in [3.05, 3.63) is 63.2 Å². The van der Waals surface area contributed by atoms with Gasteiger partial charge in [-0.2, -0.15) is 0 Å². The van der Waals surface area contributed by atoms with Crippen molar-refractivity contribution in [3.63, 3.8) is 0 Å². The normalized spacial score (nSPS) is 12.5. The van der Waals surface area contributed by atoms with Crippen molar-refractivity contribution < 1.29 is 28.8 Å². The number of nitrogens with zero attached hydrogens (tertiary/aromatic N) is 2. The number of fused-ring (bicyclic) bond motifs is 1. The molecule has 2 aromatic rings. The van der Waals surface area contributed by atoms with Crippen LogP contribution >= 0.6 is 0 Å².